The summed E-state index contributed by atoms with van der Waals surface area (Å²) in [5, 5.41) is 13.3. The van der Waals surface area contributed by atoms with Crippen LogP contribution in [0.4, 0.5) is 0 Å². The van der Waals surface area contributed by atoms with Crippen LogP contribution in [0.5, 0.6) is 0 Å². The van der Waals surface area contributed by atoms with Gasteiger partial charge in [-0.3, -0.25) is 0 Å². The van der Waals surface area contributed by atoms with Gasteiger partial charge in [0.15, 0.2) is 5.82 Å². The molecule has 1 N–H and O–H groups in total. The standard InChI is InChI=1S/C12H17N5OS/c1-8(13-6-10-7-19-17-15-10)12-14-11(16-18-12)9-4-2-3-5-9/h7-9,13H,2-6H2,1H3/t8-/m0/s1. The molecular weight excluding hydrogens is 262 g/mol. The van der Waals surface area contributed by atoms with Gasteiger partial charge in [-0.2, -0.15) is 4.98 Å². The van der Waals surface area contributed by atoms with Crippen molar-refractivity contribution in [3.8, 4) is 0 Å². The van der Waals surface area contributed by atoms with Crippen LogP contribution in [0.1, 0.15) is 62.0 Å². The molecule has 3 rings (SSSR count). The van der Waals surface area contributed by atoms with Gasteiger partial charge in [0.05, 0.1) is 11.7 Å². The highest BCUT2D eigenvalue weighted by atomic mass is 32.1. The Hall–Kier alpha value is -1.34. The lowest BCUT2D eigenvalue weighted by Crippen LogP contribution is -2.18. The molecule has 0 spiro atoms. The molecule has 0 aliphatic heterocycles. The number of aromatic nitrogens is 4. The SMILES string of the molecule is C[C@H](NCc1csnn1)c1nc(C2CCCC2)no1. The molecule has 1 aliphatic carbocycles. The average molecular weight is 279 g/mol. The number of nitrogens with one attached hydrogen (secondary N) is 1. The van der Waals surface area contributed by atoms with Crippen molar-refractivity contribution in [2.75, 3.05) is 0 Å². The van der Waals surface area contributed by atoms with E-state index in [0.717, 1.165) is 11.5 Å². The third-order valence-corrected chi connectivity index (χ3v) is 4.10. The second-order valence-corrected chi connectivity index (χ2v) is 5.58. The fourth-order valence-corrected chi connectivity index (χ4v) is 2.83. The predicted molar refractivity (Wildman–Crippen MR) is 70.7 cm³/mol. The first-order chi connectivity index (χ1) is 9.33. The van der Waals surface area contributed by atoms with E-state index < -0.39 is 0 Å². The molecular formula is C12H17N5OS. The Morgan fingerprint density at radius 2 is 2.32 bits per heavy atom. The van der Waals surface area contributed by atoms with Crippen molar-refractivity contribution in [1.29, 1.82) is 0 Å². The van der Waals surface area contributed by atoms with Gasteiger partial charge in [0.1, 0.15) is 0 Å². The number of hydrogen-bond acceptors (Lipinski definition) is 7. The second kappa shape index (κ2) is 5.75. The maximum Gasteiger partial charge on any atom is 0.243 e. The maximum absolute atomic E-state index is 5.35. The van der Waals surface area contributed by atoms with Gasteiger partial charge in [0, 0.05) is 17.8 Å². The fraction of sp³-hybridized carbons (Fsp3) is 0.667. The maximum atomic E-state index is 5.35. The van der Waals surface area contributed by atoms with Crippen LogP contribution in [0.2, 0.25) is 0 Å². The quantitative estimate of drug-likeness (QED) is 0.905. The molecule has 0 radical (unpaired) electrons. The minimum absolute atomic E-state index is 0.0318. The van der Waals surface area contributed by atoms with Crippen molar-refractivity contribution in [3.05, 3.63) is 22.8 Å². The Bertz CT molecular complexity index is 506. The zero-order valence-corrected chi connectivity index (χ0v) is 11.7. The van der Waals surface area contributed by atoms with Crippen molar-refractivity contribution in [1.82, 2.24) is 25.0 Å². The lowest BCUT2D eigenvalue weighted by Gasteiger charge is -2.07. The summed E-state index contributed by atoms with van der Waals surface area (Å²) in [6.07, 6.45) is 4.93. The molecule has 2 aromatic heterocycles. The molecule has 0 saturated heterocycles. The zero-order chi connectivity index (χ0) is 13.1. The lowest BCUT2D eigenvalue weighted by atomic mass is 10.1. The van der Waals surface area contributed by atoms with E-state index in [1.807, 2.05) is 12.3 Å². The number of nitrogens with zero attached hydrogens (tertiary/aromatic N) is 4. The Morgan fingerprint density at radius 3 is 3.05 bits per heavy atom. The van der Waals surface area contributed by atoms with Crippen LogP contribution >= 0.6 is 11.5 Å². The summed E-state index contributed by atoms with van der Waals surface area (Å²) < 4.78 is 9.18. The van der Waals surface area contributed by atoms with Crippen LogP contribution in [-0.2, 0) is 6.54 Å². The average Bonchev–Trinajstić information content (AvgIpc) is 3.14. The summed E-state index contributed by atoms with van der Waals surface area (Å²) in [6.45, 7) is 2.69. The molecule has 1 fully saturated rings. The first kappa shape index (κ1) is 12.7. The van der Waals surface area contributed by atoms with Crippen molar-refractivity contribution >= 4 is 11.5 Å². The molecule has 1 atom stereocenters. The van der Waals surface area contributed by atoms with Gasteiger partial charge in [-0.25, -0.2) is 0 Å². The zero-order valence-electron chi connectivity index (χ0n) is 10.9. The van der Waals surface area contributed by atoms with E-state index in [1.165, 1.54) is 37.2 Å². The van der Waals surface area contributed by atoms with Gasteiger partial charge in [-0.1, -0.05) is 22.5 Å². The third-order valence-electron chi connectivity index (χ3n) is 3.54. The summed E-state index contributed by atoms with van der Waals surface area (Å²) in [6, 6.07) is 0.0318. The van der Waals surface area contributed by atoms with E-state index in [9.17, 15) is 0 Å². The number of hydrogen-bond donors (Lipinski definition) is 1. The van der Waals surface area contributed by atoms with Gasteiger partial charge < -0.3 is 9.84 Å². The Kier molecular flexibility index (Phi) is 3.84. The van der Waals surface area contributed by atoms with Crippen LogP contribution in [0, 0.1) is 0 Å². The first-order valence-electron chi connectivity index (χ1n) is 6.66. The molecule has 1 aliphatic rings. The Morgan fingerprint density at radius 1 is 1.47 bits per heavy atom. The summed E-state index contributed by atoms with van der Waals surface area (Å²) in [7, 11) is 0. The van der Waals surface area contributed by atoms with E-state index in [4.69, 9.17) is 4.52 Å². The molecule has 2 heterocycles. The van der Waals surface area contributed by atoms with Gasteiger partial charge in [-0.15, -0.1) is 5.10 Å². The molecule has 102 valence electrons. The van der Waals surface area contributed by atoms with Crippen molar-refractivity contribution in [2.45, 2.75) is 51.1 Å². The van der Waals surface area contributed by atoms with E-state index in [0.29, 0.717) is 18.4 Å². The van der Waals surface area contributed by atoms with E-state index >= 15 is 0 Å². The third kappa shape index (κ3) is 2.98. The molecule has 7 heteroatoms. The summed E-state index contributed by atoms with van der Waals surface area (Å²) in [5.41, 5.74) is 0.937. The summed E-state index contributed by atoms with van der Waals surface area (Å²) in [4.78, 5) is 4.52. The Labute approximate surface area is 115 Å². The second-order valence-electron chi connectivity index (χ2n) is 4.97. The van der Waals surface area contributed by atoms with Gasteiger partial charge >= 0.3 is 0 Å². The minimum Gasteiger partial charge on any atom is -0.338 e. The normalized spacial score (nSPS) is 17.9. The molecule has 19 heavy (non-hydrogen) atoms. The summed E-state index contributed by atoms with van der Waals surface area (Å²) in [5.74, 6) is 2.02. The molecule has 1 saturated carbocycles. The van der Waals surface area contributed by atoms with Crippen LogP contribution < -0.4 is 5.32 Å². The van der Waals surface area contributed by atoms with Crippen molar-refractivity contribution in [3.63, 3.8) is 0 Å². The highest BCUT2D eigenvalue weighted by molar-refractivity contribution is 7.03. The van der Waals surface area contributed by atoms with Gasteiger partial charge in [-0.05, 0) is 31.3 Å². The van der Waals surface area contributed by atoms with E-state index in [-0.39, 0.29) is 6.04 Å². The first-order valence-corrected chi connectivity index (χ1v) is 7.49. The molecule has 6 nitrogen and oxygen atoms in total. The van der Waals surface area contributed by atoms with Crippen molar-refractivity contribution < 1.29 is 4.52 Å². The lowest BCUT2D eigenvalue weighted by molar-refractivity contribution is 0.333. The Balaban J connectivity index is 1.58. The van der Waals surface area contributed by atoms with Crippen LogP contribution in [-0.4, -0.2) is 19.7 Å². The van der Waals surface area contributed by atoms with E-state index in [1.54, 1.807) is 0 Å². The fourth-order valence-electron chi connectivity index (χ4n) is 2.38. The molecule has 2 aromatic rings. The van der Waals surface area contributed by atoms with Crippen LogP contribution in [0.15, 0.2) is 9.90 Å². The van der Waals surface area contributed by atoms with Gasteiger partial charge in [0.25, 0.3) is 0 Å². The monoisotopic (exact) mass is 279 g/mol. The van der Waals surface area contributed by atoms with Crippen molar-refractivity contribution in [2.24, 2.45) is 0 Å². The molecule has 0 bridgehead atoms. The minimum atomic E-state index is 0.0318. The largest absolute Gasteiger partial charge is 0.338 e. The molecule has 0 unspecified atom stereocenters. The predicted octanol–water partition coefficient (Wildman–Crippen LogP) is 2.43. The summed E-state index contributed by atoms with van der Waals surface area (Å²) >= 11 is 1.36. The molecule has 0 aromatic carbocycles. The topological polar surface area (TPSA) is 76.7 Å². The molecule has 0 amide bonds. The smallest absolute Gasteiger partial charge is 0.243 e. The van der Waals surface area contributed by atoms with Crippen LogP contribution in [0.3, 0.4) is 0 Å². The number of rotatable bonds is 5. The van der Waals surface area contributed by atoms with Crippen LogP contribution in [0.25, 0.3) is 0 Å². The highest BCUT2D eigenvalue weighted by Crippen LogP contribution is 2.32. The van der Waals surface area contributed by atoms with E-state index in [2.05, 4.69) is 25.0 Å². The highest BCUT2D eigenvalue weighted by Gasteiger charge is 2.23. The van der Waals surface area contributed by atoms with Gasteiger partial charge in [0.2, 0.25) is 5.89 Å².